The van der Waals surface area contributed by atoms with Gasteiger partial charge in [0, 0.05) is 29.0 Å². The van der Waals surface area contributed by atoms with Crippen LogP contribution in [-0.2, 0) is 6.54 Å². The molecule has 1 heterocycles. The van der Waals surface area contributed by atoms with Gasteiger partial charge in [0.15, 0.2) is 0 Å². The first-order valence-electron chi connectivity index (χ1n) is 6.71. The van der Waals surface area contributed by atoms with Gasteiger partial charge in [0.25, 0.3) is 0 Å². The molecule has 1 aromatic heterocycles. The molecule has 0 bridgehead atoms. The van der Waals surface area contributed by atoms with E-state index in [4.69, 9.17) is 0 Å². The van der Waals surface area contributed by atoms with Gasteiger partial charge in [-0.05, 0) is 36.8 Å². The first-order valence-corrected chi connectivity index (χ1v) is 8.64. The van der Waals surface area contributed by atoms with Crippen molar-refractivity contribution in [1.29, 1.82) is 0 Å². The van der Waals surface area contributed by atoms with Crippen molar-refractivity contribution in [2.45, 2.75) is 50.8 Å². The minimum absolute atomic E-state index is 0.953. The van der Waals surface area contributed by atoms with Crippen molar-refractivity contribution in [2.24, 2.45) is 0 Å². The summed E-state index contributed by atoms with van der Waals surface area (Å²) in [5.74, 6) is 1.27. The molecule has 1 aliphatic rings. The van der Waals surface area contributed by atoms with E-state index in [1.165, 1.54) is 48.3 Å². The molecule has 1 nitrogen and oxygen atoms in total. The van der Waals surface area contributed by atoms with Crippen LogP contribution in [-0.4, -0.2) is 17.5 Å². The lowest BCUT2D eigenvalue weighted by Gasteiger charge is -2.20. The van der Waals surface area contributed by atoms with E-state index in [2.05, 4.69) is 35.4 Å². The Hall–Kier alpha value is 0.01000. The lowest BCUT2D eigenvalue weighted by molar-refractivity contribution is 0.516. The van der Waals surface area contributed by atoms with Crippen LogP contribution in [0.3, 0.4) is 0 Å². The third-order valence-corrected chi connectivity index (χ3v) is 5.84. The number of hydrogen-bond donors (Lipinski definition) is 1. The average Bonchev–Trinajstić information content (AvgIpc) is 2.76. The molecule has 1 saturated carbocycles. The third-order valence-electron chi connectivity index (χ3n) is 3.44. The minimum atomic E-state index is 0.953. The highest BCUT2D eigenvalue weighted by molar-refractivity contribution is 7.99. The smallest absolute Gasteiger partial charge is 0.0302 e. The number of thiophene rings is 1. The minimum Gasteiger partial charge on any atom is -0.311 e. The van der Waals surface area contributed by atoms with Crippen LogP contribution in [0.1, 0.15) is 42.5 Å². The molecule has 0 spiro atoms. The van der Waals surface area contributed by atoms with Crippen LogP contribution in [0.5, 0.6) is 0 Å². The molecule has 0 saturated heterocycles. The maximum atomic E-state index is 3.56. The Bertz CT molecular complexity index is 316. The van der Waals surface area contributed by atoms with Crippen LogP contribution in [0.2, 0.25) is 0 Å². The van der Waals surface area contributed by atoms with Crippen molar-refractivity contribution in [1.82, 2.24) is 5.32 Å². The van der Waals surface area contributed by atoms with E-state index >= 15 is 0 Å². The van der Waals surface area contributed by atoms with E-state index in [1.807, 2.05) is 11.3 Å². The summed E-state index contributed by atoms with van der Waals surface area (Å²) < 4.78 is 0. The maximum Gasteiger partial charge on any atom is 0.0302 e. The number of hydrogen-bond acceptors (Lipinski definition) is 3. The van der Waals surface area contributed by atoms with Gasteiger partial charge in [0.1, 0.15) is 0 Å². The van der Waals surface area contributed by atoms with Crippen LogP contribution < -0.4 is 5.32 Å². The van der Waals surface area contributed by atoms with Crippen molar-refractivity contribution in [3.05, 3.63) is 21.9 Å². The summed E-state index contributed by atoms with van der Waals surface area (Å²) in [6.45, 7) is 4.40. The fourth-order valence-electron chi connectivity index (χ4n) is 2.32. The Morgan fingerprint density at radius 3 is 2.88 bits per heavy atom. The summed E-state index contributed by atoms with van der Waals surface area (Å²) in [5, 5.41) is 6.69. The number of aryl methyl sites for hydroxylation is 1. The monoisotopic (exact) mass is 269 g/mol. The van der Waals surface area contributed by atoms with Crippen molar-refractivity contribution < 1.29 is 0 Å². The second kappa shape index (κ2) is 7.45. The molecular weight excluding hydrogens is 246 g/mol. The second-order valence-electron chi connectivity index (χ2n) is 4.83. The molecule has 0 unspecified atom stereocenters. The molecule has 0 aromatic carbocycles. The highest BCUT2D eigenvalue weighted by atomic mass is 32.2. The zero-order valence-corrected chi connectivity index (χ0v) is 12.3. The quantitative estimate of drug-likeness (QED) is 0.776. The lowest BCUT2D eigenvalue weighted by Crippen LogP contribution is -2.18. The Morgan fingerprint density at radius 1 is 1.35 bits per heavy atom. The standard InChI is InChI=1S/C14H23NS2/c1-12-7-9-17-14(12)11-15-8-10-16-13-5-3-2-4-6-13/h7,9,13,15H,2-6,8,10-11H2,1H3. The summed E-state index contributed by atoms with van der Waals surface area (Å²) in [7, 11) is 0. The Kier molecular flexibility index (Phi) is 5.89. The van der Waals surface area contributed by atoms with Gasteiger partial charge < -0.3 is 5.32 Å². The highest BCUT2D eigenvalue weighted by Crippen LogP contribution is 2.27. The summed E-state index contributed by atoms with van der Waals surface area (Å²) in [6.07, 6.45) is 7.29. The van der Waals surface area contributed by atoms with Crippen LogP contribution in [0.15, 0.2) is 11.4 Å². The molecule has 1 aromatic rings. The van der Waals surface area contributed by atoms with Crippen LogP contribution in [0.25, 0.3) is 0 Å². The highest BCUT2D eigenvalue weighted by Gasteiger charge is 2.12. The maximum absolute atomic E-state index is 3.56. The molecule has 96 valence electrons. The molecule has 2 rings (SSSR count). The molecule has 1 N–H and O–H groups in total. The van der Waals surface area contributed by atoms with Crippen molar-refractivity contribution in [2.75, 3.05) is 12.3 Å². The molecule has 17 heavy (non-hydrogen) atoms. The van der Waals surface area contributed by atoms with E-state index in [9.17, 15) is 0 Å². The fourth-order valence-corrected chi connectivity index (χ4v) is 4.45. The molecule has 0 aliphatic heterocycles. The van der Waals surface area contributed by atoms with E-state index < -0.39 is 0 Å². The predicted molar refractivity (Wildman–Crippen MR) is 80.1 cm³/mol. The SMILES string of the molecule is Cc1ccsc1CNCCSC1CCCCC1. The average molecular weight is 269 g/mol. The summed E-state index contributed by atoms with van der Waals surface area (Å²) >= 11 is 4.05. The van der Waals surface area contributed by atoms with Crippen molar-refractivity contribution >= 4 is 23.1 Å². The van der Waals surface area contributed by atoms with Gasteiger partial charge in [-0.15, -0.1) is 11.3 Å². The van der Waals surface area contributed by atoms with Gasteiger partial charge in [-0.1, -0.05) is 19.3 Å². The molecule has 3 heteroatoms. The van der Waals surface area contributed by atoms with E-state index in [0.717, 1.165) is 18.3 Å². The third kappa shape index (κ3) is 4.65. The van der Waals surface area contributed by atoms with Gasteiger partial charge in [0.2, 0.25) is 0 Å². The predicted octanol–water partition coefficient (Wildman–Crippen LogP) is 4.21. The van der Waals surface area contributed by atoms with Gasteiger partial charge in [0.05, 0.1) is 0 Å². The molecule has 0 radical (unpaired) electrons. The summed E-state index contributed by atoms with van der Waals surface area (Å²) in [5.41, 5.74) is 1.43. The molecule has 1 fully saturated rings. The molecular formula is C14H23NS2. The lowest BCUT2D eigenvalue weighted by atomic mass is 10.0. The first kappa shape index (κ1) is 13.4. The zero-order valence-electron chi connectivity index (χ0n) is 10.7. The summed E-state index contributed by atoms with van der Waals surface area (Å²) in [6, 6.07) is 2.21. The van der Waals surface area contributed by atoms with E-state index in [0.29, 0.717) is 0 Å². The van der Waals surface area contributed by atoms with Gasteiger partial charge in [-0.25, -0.2) is 0 Å². The van der Waals surface area contributed by atoms with Gasteiger partial charge in [-0.3, -0.25) is 0 Å². The van der Waals surface area contributed by atoms with Crippen LogP contribution >= 0.6 is 23.1 Å². The first-order chi connectivity index (χ1) is 8.36. The van der Waals surface area contributed by atoms with Gasteiger partial charge >= 0.3 is 0 Å². The number of thioether (sulfide) groups is 1. The van der Waals surface area contributed by atoms with E-state index in [-0.39, 0.29) is 0 Å². The van der Waals surface area contributed by atoms with Gasteiger partial charge in [-0.2, -0.15) is 11.8 Å². The van der Waals surface area contributed by atoms with E-state index in [1.54, 1.807) is 0 Å². The largest absolute Gasteiger partial charge is 0.311 e. The number of nitrogens with one attached hydrogen (secondary N) is 1. The molecule has 0 atom stereocenters. The molecule has 1 aliphatic carbocycles. The Morgan fingerprint density at radius 2 is 2.18 bits per heavy atom. The molecule has 0 amide bonds. The number of rotatable bonds is 6. The van der Waals surface area contributed by atoms with Crippen LogP contribution in [0.4, 0.5) is 0 Å². The Balaban J connectivity index is 1.53. The normalized spacial score (nSPS) is 17.5. The Labute approximate surface area is 113 Å². The van der Waals surface area contributed by atoms with Crippen LogP contribution in [0, 0.1) is 6.92 Å². The topological polar surface area (TPSA) is 12.0 Å². The second-order valence-corrected chi connectivity index (χ2v) is 7.24. The van der Waals surface area contributed by atoms with Crippen molar-refractivity contribution in [3.63, 3.8) is 0 Å². The van der Waals surface area contributed by atoms with Crippen molar-refractivity contribution in [3.8, 4) is 0 Å². The summed E-state index contributed by atoms with van der Waals surface area (Å²) in [4.78, 5) is 1.49. The zero-order chi connectivity index (χ0) is 11.9. The fraction of sp³-hybridized carbons (Fsp3) is 0.714.